The first-order valence-electron chi connectivity index (χ1n) is 7.86. The van der Waals surface area contributed by atoms with E-state index in [1.807, 2.05) is 4.68 Å². The number of aromatic nitrogens is 2. The Balaban J connectivity index is 2.23. The molecule has 0 radical (unpaired) electrons. The lowest BCUT2D eigenvalue weighted by atomic mass is 9.71. The summed E-state index contributed by atoms with van der Waals surface area (Å²) < 4.78 is 1.96. The Bertz CT molecular complexity index is 471. The zero-order valence-corrected chi connectivity index (χ0v) is 13.9. The first-order valence-corrected chi connectivity index (χ1v) is 8.24. The van der Waals surface area contributed by atoms with Gasteiger partial charge in [-0.15, -0.1) is 0 Å². The van der Waals surface area contributed by atoms with Gasteiger partial charge in [0.15, 0.2) is 0 Å². The average molecular weight is 299 g/mol. The maximum atomic E-state index is 10.9. The summed E-state index contributed by atoms with van der Waals surface area (Å²) in [4.78, 5) is 0. The Labute approximate surface area is 127 Å². The Morgan fingerprint density at radius 1 is 1.35 bits per heavy atom. The van der Waals surface area contributed by atoms with Crippen molar-refractivity contribution in [3.8, 4) is 0 Å². The predicted molar refractivity (Wildman–Crippen MR) is 83.1 cm³/mol. The molecule has 114 valence electrons. The highest BCUT2D eigenvalue weighted by Gasteiger charge is 2.37. The third-order valence-electron chi connectivity index (χ3n) is 4.93. The summed E-state index contributed by atoms with van der Waals surface area (Å²) in [7, 11) is 0. The van der Waals surface area contributed by atoms with E-state index in [4.69, 9.17) is 11.6 Å². The van der Waals surface area contributed by atoms with Gasteiger partial charge in [0, 0.05) is 13.0 Å². The Morgan fingerprint density at radius 2 is 2.05 bits per heavy atom. The minimum Gasteiger partial charge on any atom is -0.389 e. The van der Waals surface area contributed by atoms with E-state index in [9.17, 15) is 5.11 Å². The van der Waals surface area contributed by atoms with E-state index in [1.165, 1.54) is 0 Å². The molecule has 1 fully saturated rings. The summed E-state index contributed by atoms with van der Waals surface area (Å²) in [6, 6.07) is 0. The van der Waals surface area contributed by atoms with Crippen LogP contribution in [0.1, 0.15) is 58.3 Å². The molecule has 1 N–H and O–H groups in total. The highest BCUT2D eigenvalue weighted by Crippen LogP contribution is 2.39. The van der Waals surface area contributed by atoms with E-state index in [0.29, 0.717) is 18.3 Å². The molecule has 1 aliphatic rings. The highest BCUT2D eigenvalue weighted by atomic mass is 35.5. The summed E-state index contributed by atoms with van der Waals surface area (Å²) in [6.07, 6.45) is 4.29. The molecule has 0 aliphatic heterocycles. The normalized spacial score (nSPS) is 30.7. The highest BCUT2D eigenvalue weighted by molar-refractivity contribution is 6.31. The molecular weight excluding hydrogens is 272 g/mol. The van der Waals surface area contributed by atoms with Gasteiger partial charge in [-0.1, -0.05) is 32.4 Å². The molecule has 3 unspecified atom stereocenters. The summed E-state index contributed by atoms with van der Waals surface area (Å²) >= 11 is 6.46. The topological polar surface area (TPSA) is 38.0 Å². The molecule has 4 heteroatoms. The van der Waals surface area contributed by atoms with Crippen LogP contribution in [0, 0.1) is 11.8 Å². The second kappa shape index (κ2) is 6.07. The zero-order valence-electron chi connectivity index (χ0n) is 13.1. The summed E-state index contributed by atoms with van der Waals surface area (Å²) in [6.45, 7) is 9.46. The van der Waals surface area contributed by atoms with E-state index in [1.54, 1.807) is 0 Å². The van der Waals surface area contributed by atoms with Gasteiger partial charge in [0.05, 0.1) is 22.0 Å². The second-order valence-corrected chi connectivity index (χ2v) is 6.85. The SMILES string of the molecule is CCc1nn(CC)c(CC2(O)CCC(C)C(C)C2)c1Cl. The fourth-order valence-corrected chi connectivity index (χ4v) is 3.68. The first kappa shape index (κ1) is 15.8. The van der Waals surface area contributed by atoms with Crippen molar-refractivity contribution < 1.29 is 5.11 Å². The quantitative estimate of drug-likeness (QED) is 0.917. The van der Waals surface area contributed by atoms with E-state index >= 15 is 0 Å². The predicted octanol–water partition coefficient (Wildman–Crippen LogP) is 3.85. The van der Waals surface area contributed by atoms with E-state index < -0.39 is 5.60 Å². The number of aryl methyl sites for hydroxylation is 2. The Hall–Kier alpha value is -0.540. The van der Waals surface area contributed by atoms with Crippen LogP contribution in [-0.2, 0) is 19.4 Å². The lowest BCUT2D eigenvalue weighted by molar-refractivity contribution is -0.0293. The molecule has 0 amide bonds. The number of hydrogen-bond acceptors (Lipinski definition) is 2. The van der Waals surface area contributed by atoms with E-state index in [0.717, 1.165) is 48.6 Å². The average Bonchev–Trinajstić information content (AvgIpc) is 2.71. The maximum absolute atomic E-state index is 10.9. The van der Waals surface area contributed by atoms with Crippen molar-refractivity contribution >= 4 is 11.6 Å². The number of hydrogen-bond donors (Lipinski definition) is 1. The van der Waals surface area contributed by atoms with Crippen LogP contribution in [0.5, 0.6) is 0 Å². The van der Waals surface area contributed by atoms with Gasteiger partial charge >= 0.3 is 0 Å². The van der Waals surface area contributed by atoms with Crippen LogP contribution < -0.4 is 0 Å². The van der Waals surface area contributed by atoms with Gasteiger partial charge < -0.3 is 5.11 Å². The van der Waals surface area contributed by atoms with Gasteiger partial charge in [0.1, 0.15) is 0 Å². The molecule has 1 aromatic rings. The van der Waals surface area contributed by atoms with Crippen LogP contribution in [0.15, 0.2) is 0 Å². The van der Waals surface area contributed by atoms with Crippen LogP contribution in [0.3, 0.4) is 0 Å². The molecule has 0 saturated heterocycles. The smallest absolute Gasteiger partial charge is 0.0850 e. The maximum Gasteiger partial charge on any atom is 0.0850 e. The molecule has 0 bridgehead atoms. The van der Waals surface area contributed by atoms with Crippen LogP contribution in [0.4, 0.5) is 0 Å². The Morgan fingerprint density at radius 3 is 2.60 bits per heavy atom. The number of rotatable bonds is 4. The van der Waals surface area contributed by atoms with Crippen LogP contribution in [0.25, 0.3) is 0 Å². The van der Waals surface area contributed by atoms with Crippen molar-refractivity contribution in [3.63, 3.8) is 0 Å². The largest absolute Gasteiger partial charge is 0.389 e. The summed E-state index contributed by atoms with van der Waals surface area (Å²) in [5, 5.41) is 16.2. The van der Waals surface area contributed by atoms with Gasteiger partial charge in [-0.05, 0) is 44.4 Å². The molecule has 0 spiro atoms. The van der Waals surface area contributed by atoms with Crippen molar-refractivity contribution in [3.05, 3.63) is 16.4 Å². The van der Waals surface area contributed by atoms with Crippen molar-refractivity contribution in [2.45, 2.75) is 71.9 Å². The standard InChI is InChI=1S/C16H27ClN2O/c1-5-13-15(17)14(19(6-2)18-13)10-16(20)8-7-11(3)12(4)9-16/h11-12,20H,5-10H2,1-4H3. The van der Waals surface area contributed by atoms with Gasteiger partial charge in [0.2, 0.25) is 0 Å². The van der Waals surface area contributed by atoms with Crippen LogP contribution in [0.2, 0.25) is 5.02 Å². The molecule has 1 heterocycles. The number of nitrogens with zero attached hydrogens (tertiary/aromatic N) is 2. The first-order chi connectivity index (χ1) is 9.40. The molecule has 1 aliphatic carbocycles. The third-order valence-corrected chi connectivity index (χ3v) is 5.37. The van der Waals surface area contributed by atoms with Crippen molar-refractivity contribution in [1.29, 1.82) is 0 Å². The molecular formula is C16H27ClN2O. The minimum atomic E-state index is -0.618. The van der Waals surface area contributed by atoms with E-state index in [-0.39, 0.29) is 0 Å². The minimum absolute atomic E-state index is 0.566. The van der Waals surface area contributed by atoms with Gasteiger partial charge in [-0.2, -0.15) is 5.10 Å². The Kier molecular flexibility index (Phi) is 4.80. The van der Waals surface area contributed by atoms with E-state index in [2.05, 4.69) is 32.8 Å². The zero-order chi connectivity index (χ0) is 14.9. The monoisotopic (exact) mass is 298 g/mol. The number of halogens is 1. The molecule has 20 heavy (non-hydrogen) atoms. The second-order valence-electron chi connectivity index (χ2n) is 6.48. The third kappa shape index (κ3) is 3.04. The van der Waals surface area contributed by atoms with Gasteiger partial charge in [0.25, 0.3) is 0 Å². The molecule has 0 aromatic carbocycles. The fourth-order valence-electron chi connectivity index (χ4n) is 3.34. The molecule has 3 nitrogen and oxygen atoms in total. The summed E-state index contributed by atoms with van der Waals surface area (Å²) in [5.74, 6) is 1.27. The summed E-state index contributed by atoms with van der Waals surface area (Å²) in [5.41, 5.74) is 1.34. The lowest BCUT2D eigenvalue weighted by Gasteiger charge is -2.39. The van der Waals surface area contributed by atoms with Gasteiger partial charge in [-0.25, -0.2) is 0 Å². The van der Waals surface area contributed by atoms with Crippen molar-refractivity contribution in [1.82, 2.24) is 9.78 Å². The molecule has 3 atom stereocenters. The molecule has 1 aromatic heterocycles. The number of aliphatic hydroxyl groups is 1. The molecule has 2 rings (SSSR count). The van der Waals surface area contributed by atoms with Gasteiger partial charge in [-0.3, -0.25) is 4.68 Å². The molecule has 1 saturated carbocycles. The van der Waals surface area contributed by atoms with Crippen molar-refractivity contribution in [2.24, 2.45) is 11.8 Å². The van der Waals surface area contributed by atoms with Crippen LogP contribution in [-0.4, -0.2) is 20.5 Å². The van der Waals surface area contributed by atoms with Crippen molar-refractivity contribution in [2.75, 3.05) is 0 Å². The van der Waals surface area contributed by atoms with Crippen LogP contribution >= 0.6 is 11.6 Å². The lowest BCUT2D eigenvalue weighted by Crippen LogP contribution is -2.40. The fraction of sp³-hybridized carbons (Fsp3) is 0.812.